The van der Waals surface area contributed by atoms with Crippen molar-refractivity contribution in [2.75, 3.05) is 7.05 Å². The minimum absolute atomic E-state index is 0.0896. The highest BCUT2D eigenvalue weighted by Gasteiger charge is 2.32. The number of amides is 1. The largest absolute Gasteiger partial charge is 0.390 e. The van der Waals surface area contributed by atoms with Gasteiger partial charge in [0.25, 0.3) is 0 Å². The van der Waals surface area contributed by atoms with Gasteiger partial charge in [-0.05, 0) is 25.1 Å². The highest BCUT2D eigenvalue weighted by molar-refractivity contribution is 5.82. The molecule has 0 radical (unpaired) electrons. The lowest BCUT2D eigenvalue weighted by Gasteiger charge is -2.20. The molecule has 3 N–H and O–H groups in total. The summed E-state index contributed by atoms with van der Waals surface area (Å²) in [5, 5.41) is 15.7. The molecule has 0 saturated carbocycles. The molecule has 2 rings (SSSR count). The second kappa shape index (κ2) is 4.85. The van der Waals surface area contributed by atoms with Crippen LogP contribution in [-0.4, -0.2) is 30.2 Å². The van der Waals surface area contributed by atoms with E-state index in [1.807, 2.05) is 24.3 Å². The van der Waals surface area contributed by atoms with Crippen molar-refractivity contribution in [2.24, 2.45) is 0 Å². The number of benzene rings is 1. The predicted octanol–water partition coefficient (Wildman–Crippen LogP) is 0.369. The van der Waals surface area contributed by atoms with Crippen LogP contribution in [0.2, 0.25) is 0 Å². The van der Waals surface area contributed by atoms with Gasteiger partial charge < -0.3 is 15.7 Å². The first-order valence-electron chi connectivity index (χ1n) is 5.87. The first kappa shape index (κ1) is 12.1. The summed E-state index contributed by atoms with van der Waals surface area (Å²) in [4.78, 5) is 11.8. The van der Waals surface area contributed by atoms with E-state index < -0.39 is 6.10 Å². The molecule has 1 aromatic carbocycles. The molecular weight excluding hydrogens is 216 g/mol. The number of hydrogen-bond donors (Lipinski definition) is 3. The third-order valence-electron chi connectivity index (χ3n) is 3.33. The van der Waals surface area contributed by atoms with Crippen molar-refractivity contribution in [3.8, 4) is 0 Å². The molecule has 0 fully saturated rings. The highest BCUT2D eigenvalue weighted by atomic mass is 16.3. The molecule has 0 saturated heterocycles. The van der Waals surface area contributed by atoms with E-state index in [4.69, 9.17) is 0 Å². The number of carbonyl (C=O) groups is 1. The van der Waals surface area contributed by atoms with E-state index in [9.17, 15) is 9.90 Å². The molecule has 1 aliphatic rings. The Kier molecular flexibility index (Phi) is 3.45. The van der Waals surface area contributed by atoms with Gasteiger partial charge in [-0.15, -0.1) is 0 Å². The SMILES string of the molecule is CNC(C)C(=O)N[C@H]1c2ccccc2C[C@H]1O. The average molecular weight is 234 g/mol. The molecule has 17 heavy (non-hydrogen) atoms. The van der Waals surface area contributed by atoms with Crippen molar-refractivity contribution < 1.29 is 9.90 Å². The van der Waals surface area contributed by atoms with Crippen LogP contribution in [0.3, 0.4) is 0 Å². The summed E-state index contributed by atoms with van der Waals surface area (Å²) in [7, 11) is 1.74. The maximum absolute atomic E-state index is 11.8. The van der Waals surface area contributed by atoms with Crippen LogP contribution in [0.25, 0.3) is 0 Å². The molecule has 4 nitrogen and oxygen atoms in total. The Labute approximate surface area is 101 Å². The van der Waals surface area contributed by atoms with Crippen LogP contribution in [0.1, 0.15) is 24.1 Å². The Morgan fingerprint density at radius 3 is 2.88 bits per heavy atom. The van der Waals surface area contributed by atoms with E-state index in [0.717, 1.165) is 11.1 Å². The van der Waals surface area contributed by atoms with Crippen LogP contribution in [-0.2, 0) is 11.2 Å². The van der Waals surface area contributed by atoms with E-state index >= 15 is 0 Å². The van der Waals surface area contributed by atoms with E-state index in [1.54, 1.807) is 14.0 Å². The zero-order valence-corrected chi connectivity index (χ0v) is 10.1. The van der Waals surface area contributed by atoms with Crippen molar-refractivity contribution in [1.82, 2.24) is 10.6 Å². The van der Waals surface area contributed by atoms with Gasteiger partial charge in [0.15, 0.2) is 0 Å². The summed E-state index contributed by atoms with van der Waals surface area (Å²) in [5.41, 5.74) is 2.14. The summed E-state index contributed by atoms with van der Waals surface area (Å²) in [6.07, 6.45) is 0.0788. The number of aliphatic hydroxyl groups is 1. The van der Waals surface area contributed by atoms with Gasteiger partial charge in [0.1, 0.15) is 0 Å². The third-order valence-corrected chi connectivity index (χ3v) is 3.33. The topological polar surface area (TPSA) is 61.4 Å². The lowest BCUT2D eigenvalue weighted by atomic mass is 10.1. The normalized spacial score (nSPS) is 24.2. The lowest BCUT2D eigenvalue weighted by molar-refractivity contribution is -0.124. The molecule has 0 aromatic heterocycles. The molecule has 0 bridgehead atoms. The van der Waals surface area contributed by atoms with Gasteiger partial charge in [-0.25, -0.2) is 0 Å². The maximum Gasteiger partial charge on any atom is 0.237 e. The molecule has 0 spiro atoms. The van der Waals surface area contributed by atoms with Crippen LogP contribution < -0.4 is 10.6 Å². The molecule has 1 aromatic rings. The summed E-state index contributed by atoms with van der Waals surface area (Å²) in [6, 6.07) is 7.29. The van der Waals surface area contributed by atoms with E-state index in [0.29, 0.717) is 6.42 Å². The van der Waals surface area contributed by atoms with Gasteiger partial charge in [0.2, 0.25) is 5.91 Å². The van der Waals surface area contributed by atoms with E-state index in [1.165, 1.54) is 0 Å². The van der Waals surface area contributed by atoms with E-state index in [2.05, 4.69) is 10.6 Å². The molecule has 0 aliphatic heterocycles. The number of nitrogens with one attached hydrogen (secondary N) is 2. The number of aliphatic hydroxyl groups excluding tert-OH is 1. The summed E-state index contributed by atoms with van der Waals surface area (Å²) >= 11 is 0. The number of fused-ring (bicyclic) bond motifs is 1. The Hall–Kier alpha value is -1.39. The molecule has 1 amide bonds. The van der Waals surface area contributed by atoms with Crippen LogP contribution >= 0.6 is 0 Å². The van der Waals surface area contributed by atoms with Crippen molar-refractivity contribution in [3.63, 3.8) is 0 Å². The Balaban J connectivity index is 2.14. The van der Waals surface area contributed by atoms with Crippen molar-refractivity contribution in [1.29, 1.82) is 0 Å². The highest BCUT2D eigenvalue weighted by Crippen LogP contribution is 2.31. The number of likely N-dealkylation sites (N-methyl/N-ethyl adjacent to an activating group) is 1. The monoisotopic (exact) mass is 234 g/mol. The Morgan fingerprint density at radius 2 is 2.18 bits per heavy atom. The fourth-order valence-corrected chi connectivity index (χ4v) is 2.16. The summed E-state index contributed by atoms with van der Waals surface area (Å²) in [6.45, 7) is 1.79. The summed E-state index contributed by atoms with van der Waals surface area (Å²) < 4.78 is 0. The number of hydrogen-bond acceptors (Lipinski definition) is 3. The van der Waals surface area contributed by atoms with Gasteiger partial charge in [-0.3, -0.25) is 4.79 Å². The molecule has 0 heterocycles. The van der Waals surface area contributed by atoms with Crippen molar-refractivity contribution >= 4 is 5.91 Å². The molecule has 1 unspecified atom stereocenters. The molecule has 4 heteroatoms. The van der Waals surface area contributed by atoms with Gasteiger partial charge in [-0.1, -0.05) is 24.3 Å². The Bertz CT molecular complexity index is 420. The van der Waals surface area contributed by atoms with Crippen LogP contribution in [0.4, 0.5) is 0 Å². The van der Waals surface area contributed by atoms with Crippen LogP contribution in [0.5, 0.6) is 0 Å². The standard InChI is InChI=1S/C13H18N2O2/c1-8(14-2)13(17)15-12-10-6-4-3-5-9(10)7-11(12)16/h3-6,8,11-12,14,16H,7H2,1-2H3,(H,15,17)/t8?,11-,12+/m1/s1. The third kappa shape index (κ3) is 2.33. The number of carbonyl (C=O) groups excluding carboxylic acids is 1. The number of rotatable bonds is 3. The van der Waals surface area contributed by atoms with Gasteiger partial charge >= 0.3 is 0 Å². The Morgan fingerprint density at radius 1 is 1.47 bits per heavy atom. The minimum atomic E-state index is -0.527. The van der Waals surface area contributed by atoms with Gasteiger partial charge in [-0.2, -0.15) is 0 Å². The van der Waals surface area contributed by atoms with Gasteiger partial charge in [0.05, 0.1) is 18.2 Å². The minimum Gasteiger partial charge on any atom is -0.390 e. The molecule has 1 aliphatic carbocycles. The van der Waals surface area contributed by atoms with E-state index in [-0.39, 0.29) is 18.0 Å². The van der Waals surface area contributed by atoms with Crippen molar-refractivity contribution in [2.45, 2.75) is 31.5 Å². The zero-order valence-electron chi connectivity index (χ0n) is 10.1. The fraction of sp³-hybridized carbons (Fsp3) is 0.462. The van der Waals surface area contributed by atoms with Gasteiger partial charge in [0, 0.05) is 6.42 Å². The van der Waals surface area contributed by atoms with Crippen molar-refractivity contribution in [3.05, 3.63) is 35.4 Å². The lowest BCUT2D eigenvalue weighted by Crippen LogP contribution is -2.44. The first-order valence-corrected chi connectivity index (χ1v) is 5.87. The zero-order chi connectivity index (χ0) is 12.4. The second-order valence-corrected chi connectivity index (χ2v) is 4.47. The fourth-order valence-electron chi connectivity index (χ4n) is 2.16. The smallest absolute Gasteiger partial charge is 0.237 e. The predicted molar refractivity (Wildman–Crippen MR) is 65.6 cm³/mol. The first-order chi connectivity index (χ1) is 8.13. The summed E-state index contributed by atoms with van der Waals surface area (Å²) in [5.74, 6) is -0.0896. The molecule has 3 atom stereocenters. The molecular formula is C13H18N2O2. The molecule has 92 valence electrons. The quantitative estimate of drug-likeness (QED) is 0.708. The second-order valence-electron chi connectivity index (χ2n) is 4.47. The van der Waals surface area contributed by atoms with Crippen LogP contribution in [0.15, 0.2) is 24.3 Å². The van der Waals surface area contributed by atoms with Crippen LogP contribution in [0, 0.1) is 0 Å². The maximum atomic E-state index is 11.8. The average Bonchev–Trinajstić information content (AvgIpc) is 2.65.